The van der Waals surface area contributed by atoms with Crippen molar-refractivity contribution in [2.24, 2.45) is 10.8 Å². The lowest BCUT2D eigenvalue weighted by molar-refractivity contribution is -0.111. The van der Waals surface area contributed by atoms with Gasteiger partial charge >= 0.3 is 0 Å². The molecular weight excluding hydrogens is 212 g/mol. The van der Waals surface area contributed by atoms with Crippen LogP contribution < -0.4 is 0 Å². The van der Waals surface area contributed by atoms with Crippen molar-refractivity contribution in [3.8, 4) is 0 Å². The highest BCUT2D eigenvalue weighted by Crippen LogP contribution is 2.72. The molecule has 0 bridgehead atoms. The molecule has 0 N–H and O–H groups in total. The molecule has 1 saturated carbocycles. The Labute approximate surface area is 107 Å². The highest BCUT2D eigenvalue weighted by molar-refractivity contribution is 8.00. The van der Waals surface area contributed by atoms with Crippen LogP contribution in [0.2, 0.25) is 0 Å². The first kappa shape index (κ1) is 14.4. The molecule has 0 heterocycles. The van der Waals surface area contributed by atoms with Gasteiger partial charge in [0.2, 0.25) is 0 Å². The quantitative estimate of drug-likeness (QED) is 0.591. The third-order valence-electron chi connectivity index (χ3n) is 5.22. The van der Waals surface area contributed by atoms with Crippen molar-refractivity contribution in [3.63, 3.8) is 0 Å². The van der Waals surface area contributed by atoms with E-state index in [-0.39, 0.29) is 0 Å². The van der Waals surface area contributed by atoms with Crippen molar-refractivity contribution in [3.05, 3.63) is 0 Å². The maximum Gasteiger partial charge on any atom is 0.0223 e. The first-order chi connectivity index (χ1) is 7.45. The fraction of sp³-hybridized carbons (Fsp3) is 1.00. The van der Waals surface area contributed by atoms with E-state index in [1.165, 1.54) is 38.5 Å². The molecule has 0 aromatic carbocycles. The lowest BCUT2D eigenvalue weighted by Crippen LogP contribution is -2.66. The van der Waals surface area contributed by atoms with Gasteiger partial charge in [-0.3, -0.25) is 0 Å². The fourth-order valence-electron chi connectivity index (χ4n) is 4.63. The van der Waals surface area contributed by atoms with E-state index >= 15 is 0 Å². The fourth-order valence-corrected chi connectivity index (χ4v) is 6.46. The zero-order valence-corrected chi connectivity index (χ0v) is 13.0. The Morgan fingerprint density at radius 1 is 1.00 bits per heavy atom. The standard InChI is InChI=1S/C15H30S/c1-7-10-14(9-3)13(4,5)12-15(14,16-6)11-8-2/h7-12H2,1-6H3. The molecule has 96 valence electrons. The van der Waals surface area contributed by atoms with Gasteiger partial charge in [-0.1, -0.05) is 47.5 Å². The molecule has 2 atom stereocenters. The number of hydrogen-bond acceptors (Lipinski definition) is 1. The molecule has 16 heavy (non-hydrogen) atoms. The van der Waals surface area contributed by atoms with Gasteiger partial charge in [0.25, 0.3) is 0 Å². The third-order valence-corrected chi connectivity index (χ3v) is 6.74. The minimum absolute atomic E-state index is 0.552. The van der Waals surface area contributed by atoms with E-state index in [1.54, 1.807) is 0 Å². The molecule has 2 unspecified atom stereocenters. The predicted octanol–water partition coefficient (Wildman–Crippen LogP) is 5.51. The topological polar surface area (TPSA) is 0 Å². The Morgan fingerprint density at radius 2 is 1.56 bits per heavy atom. The lowest BCUT2D eigenvalue weighted by Gasteiger charge is -2.70. The molecule has 1 heteroatoms. The first-order valence-electron chi connectivity index (χ1n) is 7.00. The Hall–Kier alpha value is 0.350. The predicted molar refractivity (Wildman–Crippen MR) is 77.2 cm³/mol. The van der Waals surface area contributed by atoms with Crippen LogP contribution in [-0.4, -0.2) is 11.0 Å². The summed E-state index contributed by atoms with van der Waals surface area (Å²) < 4.78 is 0.579. The van der Waals surface area contributed by atoms with Crippen LogP contribution in [0.3, 0.4) is 0 Å². The maximum atomic E-state index is 2.50. The van der Waals surface area contributed by atoms with Crippen molar-refractivity contribution in [2.45, 2.75) is 77.9 Å². The second-order valence-electron chi connectivity index (χ2n) is 6.19. The van der Waals surface area contributed by atoms with Crippen LogP contribution in [0.1, 0.15) is 73.1 Å². The minimum Gasteiger partial charge on any atom is -0.158 e. The molecule has 0 aromatic heterocycles. The van der Waals surface area contributed by atoms with E-state index in [2.05, 4.69) is 52.6 Å². The molecule has 0 radical (unpaired) electrons. The maximum absolute atomic E-state index is 2.50. The average Bonchev–Trinajstić information content (AvgIpc) is 2.24. The monoisotopic (exact) mass is 242 g/mol. The van der Waals surface area contributed by atoms with Crippen LogP contribution in [-0.2, 0) is 0 Å². The summed E-state index contributed by atoms with van der Waals surface area (Å²) in [4.78, 5) is 0. The SMILES string of the molecule is CCCC1(SC)CC(C)(C)C1(CC)CCC. The number of thioether (sulfide) groups is 1. The van der Waals surface area contributed by atoms with Crippen LogP contribution >= 0.6 is 11.8 Å². The van der Waals surface area contributed by atoms with E-state index in [0.717, 1.165) is 0 Å². The van der Waals surface area contributed by atoms with Crippen molar-refractivity contribution in [1.29, 1.82) is 0 Å². The molecule has 1 rings (SSSR count). The smallest absolute Gasteiger partial charge is 0.0223 e. The summed E-state index contributed by atoms with van der Waals surface area (Å²) in [6.07, 6.45) is 10.6. The van der Waals surface area contributed by atoms with E-state index in [1.807, 2.05) is 0 Å². The van der Waals surface area contributed by atoms with Crippen molar-refractivity contribution >= 4 is 11.8 Å². The zero-order chi connectivity index (χ0) is 12.4. The molecule has 0 saturated heterocycles. The van der Waals surface area contributed by atoms with Crippen molar-refractivity contribution in [2.75, 3.05) is 6.26 Å². The molecule has 0 spiro atoms. The van der Waals surface area contributed by atoms with Crippen LogP contribution in [0.5, 0.6) is 0 Å². The highest BCUT2D eigenvalue weighted by Gasteiger charge is 2.66. The van der Waals surface area contributed by atoms with E-state index in [4.69, 9.17) is 0 Å². The molecule has 0 amide bonds. The first-order valence-corrected chi connectivity index (χ1v) is 8.23. The van der Waals surface area contributed by atoms with E-state index in [9.17, 15) is 0 Å². The molecule has 0 aromatic rings. The molecule has 1 aliphatic rings. The summed E-state index contributed by atoms with van der Waals surface area (Å²) in [5, 5.41) is 0. The zero-order valence-electron chi connectivity index (χ0n) is 12.2. The third kappa shape index (κ3) is 1.74. The molecule has 1 fully saturated rings. The van der Waals surface area contributed by atoms with Crippen LogP contribution in [0.25, 0.3) is 0 Å². The minimum atomic E-state index is 0.552. The van der Waals surface area contributed by atoms with Gasteiger partial charge in [0, 0.05) is 4.75 Å². The van der Waals surface area contributed by atoms with Gasteiger partial charge in [0.15, 0.2) is 0 Å². The van der Waals surface area contributed by atoms with Gasteiger partial charge in [0.05, 0.1) is 0 Å². The normalized spacial score (nSPS) is 37.1. The molecule has 1 aliphatic carbocycles. The number of hydrogen-bond donors (Lipinski definition) is 0. The highest BCUT2D eigenvalue weighted by atomic mass is 32.2. The van der Waals surface area contributed by atoms with Crippen LogP contribution in [0.15, 0.2) is 0 Å². The summed E-state index contributed by atoms with van der Waals surface area (Å²) in [6.45, 7) is 12.1. The van der Waals surface area contributed by atoms with Gasteiger partial charge in [0.1, 0.15) is 0 Å². The average molecular weight is 242 g/mol. The molecular formula is C15H30S. The van der Waals surface area contributed by atoms with E-state index < -0.39 is 0 Å². The summed E-state index contributed by atoms with van der Waals surface area (Å²) in [6, 6.07) is 0. The molecule has 0 nitrogen and oxygen atoms in total. The van der Waals surface area contributed by atoms with Crippen molar-refractivity contribution in [1.82, 2.24) is 0 Å². The second-order valence-corrected chi connectivity index (χ2v) is 7.38. The van der Waals surface area contributed by atoms with E-state index in [0.29, 0.717) is 15.6 Å². The summed E-state index contributed by atoms with van der Waals surface area (Å²) >= 11 is 2.16. The van der Waals surface area contributed by atoms with Gasteiger partial charge in [-0.25, -0.2) is 0 Å². The van der Waals surface area contributed by atoms with Crippen LogP contribution in [0, 0.1) is 10.8 Å². The molecule has 0 aliphatic heterocycles. The summed E-state index contributed by atoms with van der Waals surface area (Å²) in [5.74, 6) is 0. The van der Waals surface area contributed by atoms with Gasteiger partial charge in [-0.15, -0.1) is 0 Å². The Morgan fingerprint density at radius 3 is 1.88 bits per heavy atom. The second kappa shape index (κ2) is 4.92. The Balaban J connectivity index is 3.03. The Kier molecular flexibility index (Phi) is 4.43. The van der Waals surface area contributed by atoms with Crippen molar-refractivity contribution < 1.29 is 0 Å². The largest absolute Gasteiger partial charge is 0.158 e. The summed E-state index contributed by atoms with van der Waals surface area (Å²) in [5.41, 5.74) is 1.14. The van der Waals surface area contributed by atoms with Gasteiger partial charge in [-0.2, -0.15) is 11.8 Å². The van der Waals surface area contributed by atoms with Gasteiger partial charge in [-0.05, 0) is 42.8 Å². The number of rotatable bonds is 6. The Bertz CT molecular complexity index is 234. The van der Waals surface area contributed by atoms with Gasteiger partial charge < -0.3 is 0 Å². The lowest BCUT2D eigenvalue weighted by atomic mass is 9.41. The summed E-state index contributed by atoms with van der Waals surface area (Å²) in [7, 11) is 0. The van der Waals surface area contributed by atoms with Crippen LogP contribution in [0.4, 0.5) is 0 Å².